The highest BCUT2D eigenvalue weighted by Crippen LogP contribution is 2.18. The van der Waals surface area contributed by atoms with Gasteiger partial charge in [-0.05, 0) is 83.5 Å². The lowest BCUT2D eigenvalue weighted by Gasteiger charge is -2.20. The third-order valence-corrected chi connectivity index (χ3v) is 15.6. The zero-order valence-electron chi connectivity index (χ0n) is 50.5. The van der Waals surface area contributed by atoms with Gasteiger partial charge in [-0.2, -0.15) is 0 Å². The topological polar surface area (TPSA) is 95.9 Å². The summed E-state index contributed by atoms with van der Waals surface area (Å²) < 4.78 is 5.49. The predicted molar refractivity (Wildman–Crippen MR) is 329 cm³/mol. The molecule has 0 saturated carbocycles. The van der Waals surface area contributed by atoms with Crippen molar-refractivity contribution in [3.63, 3.8) is 0 Å². The molecule has 0 rings (SSSR count). The van der Waals surface area contributed by atoms with E-state index in [2.05, 4.69) is 43.5 Å². The largest absolute Gasteiger partial charge is 0.466 e. The van der Waals surface area contributed by atoms with Gasteiger partial charge in [-0.25, -0.2) is 0 Å². The second-order valence-corrected chi connectivity index (χ2v) is 23.1. The summed E-state index contributed by atoms with van der Waals surface area (Å²) in [7, 11) is 0. The van der Waals surface area contributed by atoms with Gasteiger partial charge in [-0.3, -0.25) is 9.59 Å². The van der Waals surface area contributed by atoms with Gasteiger partial charge in [0.25, 0.3) is 0 Å². The SMILES string of the molecule is CCCCCCCCC/C=C\CCCCCCCC(=O)OCCCCCCCCCCCCCC/C=C\CCCCCCCCCCCCCC(=O)NC(CO)C(O)/C=C/CCCCCCCCCCCCCCC. The Balaban J connectivity index is 3.40. The lowest BCUT2D eigenvalue weighted by atomic mass is 10.0. The van der Waals surface area contributed by atoms with Crippen LogP contribution in [0.3, 0.4) is 0 Å². The van der Waals surface area contributed by atoms with E-state index in [0.29, 0.717) is 19.4 Å². The molecule has 1 amide bonds. The van der Waals surface area contributed by atoms with E-state index in [9.17, 15) is 19.8 Å². The number of ether oxygens (including phenoxy) is 1. The second kappa shape index (κ2) is 64.6. The molecular weight excluding hydrogens is 923 g/mol. The van der Waals surface area contributed by atoms with Crippen LogP contribution in [0.4, 0.5) is 0 Å². The Hall–Kier alpha value is -1.92. The van der Waals surface area contributed by atoms with Crippen molar-refractivity contribution < 1.29 is 24.5 Å². The maximum atomic E-state index is 12.5. The number of carbonyl (C=O) groups is 2. The number of rotatable bonds is 63. The number of carbonyl (C=O) groups excluding carboxylic acids is 2. The Bertz CT molecular complexity index is 1210. The molecule has 0 radical (unpaired) electrons. The molecule has 0 fully saturated rings. The molecule has 0 heterocycles. The summed E-state index contributed by atoms with van der Waals surface area (Å²) in [5.74, 6) is -0.0596. The molecule has 0 saturated heterocycles. The van der Waals surface area contributed by atoms with Crippen LogP contribution in [0.2, 0.25) is 0 Å². The van der Waals surface area contributed by atoms with Gasteiger partial charge in [0.1, 0.15) is 0 Å². The molecule has 0 bridgehead atoms. The van der Waals surface area contributed by atoms with Crippen LogP contribution in [0.25, 0.3) is 0 Å². The minimum Gasteiger partial charge on any atom is -0.466 e. The van der Waals surface area contributed by atoms with Crippen LogP contribution >= 0.6 is 0 Å². The standard InChI is InChI=1S/C69H131NO5/c1-3-5-7-9-11-13-15-17-19-35-39-43-47-51-55-59-63-69(74)75-64-60-56-52-48-44-40-36-32-30-28-26-24-22-20-21-23-25-27-29-31-34-38-42-46-50-54-58-62-68(73)70-66(65-71)67(72)61-57-53-49-45-41-37-33-18-16-14-12-10-8-6-4-2/h19-21,35,57,61,66-67,71-72H,3-18,22-34,36-56,58-60,62-65H2,1-2H3,(H,70,73)/b21-20-,35-19-,61-57+. The highest BCUT2D eigenvalue weighted by atomic mass is 16.5. The zero-order chi connectivity index (χ0) is 54.3. The Morgan fingerprint density at radius 1 is 0.360 bits per heavy atom. The maximum Gasteiger partial charge on any atom is 0.305 e. The third kappa shape index (κ3) is 61.2. The fourth-order valence-corrected chi connectivity index (χ4v) is 10.4. The van der Waals surface area contributed by atoms with Gasteiger partial charge in [0.2, 0.25) is 5.91 Å². The first-order chi connectivity index (χ1) is 37.0. The monoisotopic (exact) mass is 1050 g/mol. The third-order valence-electron chi connectivity index (χ3n) is 15.6. The van der Waals surface area contributed by atoms with E-state index in [1.807, 2.05) is 6.08 Å². The predicted octanol–water partition coefficient (Wildman–Crippen LogP) is 21.5. The maximum absolute atomic E-state index is 12.5. The van der Waals surface area contributed by atoms with Crippen molar-refractivity contribution in [1.29, 1.82) is 0 Å². The van der Waals surface area contributed by atoms with Crippen molar-refractivity contribution in [3.8, 4) is 0 Å². The number of hydrogen-bond donors (Lipinski definition) is 3. The summed E-state index contributed by atoms with van der Waals surface area (Å²) >= 11 is 0. The van der Waals surface area contributed by atoms with Gasteiger partial charge in [0.15, 0.2) is 0 Å². The minimum absolute atomic E-state index is 0.00758. The van der Waals surface area contributed by atoms with Gasteiger partial charge in [0, 0.05) is 12.8 Å². The van der Waals surface area contributed by atoms with E-state index in [4.69, 9.17) is 4.74 Å². The molecule has 2 atom stereocenters. The molecule has 0 spiro atoms. The molecule has 0 aromatic rings. The number of esters is 1. The molecule has 0 aliphatic rings. The highest BCUT2D eigenvalue weighted by Gasteiger charge is 2.18. The van der Waals surface area contributed by atoms with Crippen molar-refractivity contribution in [2.24, 2.45) is 0 Å². The number of aliphatic hydroxyl groups is 2. The minimum atomic E-state index is -0.845. The first kappa shape index (κ1) is 73.1. The Morgan fingerprint density at radius 3 is 0.947 bits per heavy atom. The van der Waals surface area contributed by atoms with E-state index in [-0.39, 0.29) is 18.5 Å². The molecule has 2 unspecified atom stereocenters. The summed E-state index contributed by atoms with van der Waals surface area (Å²) in [6.45, 7) is 4.92. The average Bonchev–Trinajstić information content (AvgIpc) is 3.41. The number of amides is 1. The fraction of sp³-hybridized carbons (Fsp3) is 0.884. The molecule has 442 valence electrons. The van der Waals surface area contributed by atoms with Crippen LogP contribution in [0.5, 0.6) is 0 Å². The van der Waals surface area contributed by atoms with Gasteiger partial charge < -0.3 is 20.3 Å². The lowest BCUT2D eigenvalue weighted by Crippen LogP contribution is -2.45. The summed E-state index contributed by atoms with van der Waals surface area (Å²) in [5.41, 5.74) is 0. The number of nitrogens with one attached hydrogen (secondary N) is 1. The Labute approximate surface area is 468 Å². The number of aliphatic hydroxyl groups excluding tert-OH is 2. The normalized spacial score (nSPS) is 12.7. The van der Waals surface area contributed by atoms with Crippen LogP contribution in [-0.4, -0.2) is 47.4 Å². The summed E-state index contributed by atoms with van der Waals surface area (Å²) in [5, 5.41) is 23.1. The van der Waals surface area contributed by atoms with Crippen LogP contribution in [0, 0.1) is 0 Å². The quantitative estimate of drug-likeness (QED) is 0.0320. The molecule has 0 aliphatic carbocycles. The van der Waals surface area contributed by atoms with Crippen LogP contribution in [0.1, 0.15) is 367 Å². The number of hydrogen-bond acceptors (Lipinski definition) is 5. The van der Waals surface area contributed by atoms with E-state index < -0.39 is 12.1 Å². The van der Waals surface area contributed by atoms with Crippen molar-refractivity contribution in [3.05, 3.63) is 36.5 Å². The van der Waals surface area contributed by atoms with Gasteiger partial charge in [-0.1, -0.05) is 307 Å². The Morgan fingerprint density at radius 2 is 0.627 bits per heavy atom. The van der Waals surface area contributed by atoms with E-state index >= 15 is 0 Å². The summed E-state index contributed by atoms with van der Waals surface area (Å²) in [6, 6.07) is -0.628. The second-order valence-electron chi connectivity index (χ2n) is 23.1. The smallest absolute Gasteiger partial charge is 0.305 e. The van der Waals surface area contributed by atoms with Crippen LogP contribution in [0.15, 0.2) is 36.5 Å². The van der Waals surface area contributed by atoms with Crippen LogP contribution < -0.4 is 5.32 Å². The van der Waals surface area contributed by atoms with E-state index in [1.165, 1.54) is 295 Å². The summed E-state index contributed by atoms with van der Waals surface area (Å²) in [4.78, 5) is 24.6. The molecule has 6 heteroatoms. The molecule has 6 nitrogen and oxygen atoms in total. The first-order valence-corrected chi connectivity index (χ1v) is 33.8. The lowest BCUT2D eigenvalue weighted by molar-refractivity contribution is -0.143. The van der Waals surface area contributed by atoms with Gasteiger partial charge in [-0.15, -0.1) is 0 Å². The van der Waals surface area contributed by atoms with Gasteiger partial charge >= 0.3 is 5.97 Å². The Kier molecular flexibility index (Phi) is 63.0. The zero-order valence-corrected chi connectivity index (χ0v) is 50.5. The van der Waals surface area contributed by atoms with E-state index in [1.54, 1.807) is 6.08 Å². The molecule has 0 aromatic carbocycles. The van der Waals surface area contributed by atoms with Crippen molar-refractivity contribution in [2.75, 3.05) is 13.2 Å². The van der Waals surface area contributed by atoms with Crippen molar-refractivity contribution in [1.82, 2.24) is 5.32 Å². The van der Waals surface area contributed by atoms with Crippen molar-refractivity contribution >= 4 is 11.9 Å². The summed E-state index contributed by atoms with van der Waals surface area (Å²) in [6.07, 6.45) is 82.1. The molecule has 3 N–H and O–H groups in total. The highest BCUT2D eigenvalue weighted by molar-refractivity contribution is 5.76. The molecule has 0 aromatic heterocycles. The molecule has 75 heavy (non-hydrogen) atoms. The van der Waals surface area contributed by atoms with Gasteiger partial charge in [0.05, 0.1) is 25.4 Å². The number of allylic oxidation sites excluding steroid dienone is 5. The van der Waals surface area contributed by atoms with E-state index in [0.717, 1.165) is 44.9 Å². The number of unbranched alkanes of at least 4 members (excludes halogenated alkanes) is 48. The first-order valence-electron chi connectivity index (χ1n) is 33.8. The fourth-order valence-electron chi connectivity index (χ4n) is 10.4. The molecular formula is C69H131NO5. The molecule has 0 aliphatic heterocycles. The average molecular weight is 1050 g/mol. The van der Waals surface area contributed by atoms with Crippen molar-refractivity contribution in [2.45, 2.75) is 379 Å². The van der Waals surface area contributed by atoms with Crippen LogP contribution in [-0.2, 0) is 14.3 Å².